The van der Waals surface area contributed by atoms with Crippen LogP contribution in [0.2, 0.25) is 0 Å². The number of aromatic amines is 1. The third kappa shape index (κ3) is 2.56. The summed E-state index contributed by atoms with van der Waals surface area (Å²) < 4.78 is 5.87. The average Bonchev–Trinajstić information content (AvgIpc) is 3.38. The summed E-state index contributed by atoms with van der Waals surface area (Å²) in [6.45, 7) is 2.71. The number of aromatic nitrogens is 2. The highest BCUT2D eigenvalue weighted by atomic mass is 16.3. The molecule has 0 spiro atoms. The molecule has 0 saturated heterocycles. The highest BCUT2D eigenvalue weighted by Crippen LogP contribution is 2.47. The maximum absolute atomic E-state index is 12.4. The third-order valence-corrected chi connectivity index (χ3v) is 4.73. The fourth-order valence-corrected chi connectivity index (χ4v) is 2.95. The van der Waals surface area contributed by atoms with Crippen LogP contribution in [0.25, 0.3) is 0 Å². The van der Waals surface area contributed by atoms with Crippen LogP contribution in [0.15, 0.2) is 22.6 Å². The number of hydrogen-bond donors (Lipinski definition) is 1. The van der Waals surface area contributed by atoms with E-state index in [9.17, 15) is 4.79 Å². The second kappa shape index (κ2) is 5.00. The van der Waals surface area contributed by atoms with Crippen molar-refractivity contribution in [1.82, 2.24) is 15.1 Å². The largest absolute Gasteiger partial charge is 0.464 e. The Morgan fingerprint density at radius 1 is 1.45 bits per heavy atom. The second-order valence-electron chi connectivity index (χ2n) is 6.77. The maximum Gasteiger partial charge on any atom is 0.274 e. The number of furan rings is 1. The standard InChI is InChI=1S/C17H21N3O2/c1-10-7-13(10)16-6-5-12(22-16)9-20(2)17(21)15-8-14(18-19-15)11-3-4-11/h5-6,8,10-11,13H,3-4,7,9H2,1-2H3,(H,18,19)/t10-,13-/m0/s1. The van der Waals surface area contributed by atoms with Gasteiger partial charge in [-0.25, -0.2) is 0 Å². The van der Waals surface area contributed by atoms with Crippen molar-refractivity contribution in [2.75, 3.05) is 7.05 Å². The molecule has 2 atom stereocenters. The van der Waals surface area contributed by atoms with Crippen LogP contribution in [0, 0.1) is 5.92 Å². The molecule has 2 aliphatic carbocycles. The number of amides is 1. The number of carbonyl (C=O) groups is 1. The molecule has 0 bridgehead atoms. The Bertz CT molecular complexity index is 698. The lowest BCUT2D eigenvalue weighted by Crippen LogP contribution is -2.26. The van der Waals surface area contributed by atoms with Crippen LogP contribution >= 0.6 is 0 Å². The first kappa shape index (κ1) is 13.6. The summed E-state index contributed by atoms with van der Waals surface area (Å²) in [5.74, 6) is 3.70. The minimum absolute atomic E-state index is 0.0686. The fraction of sp³-hybridized carbons (Fsp3) is 0.529. The molecule has 0 radical (unpaired) electrons. The van der Waals surface area contributed by atoms with Gasteiger partial charge in [0.2, 0.25) is 0 Å². The van der Waals surface area contributed by atoms with Gasteiger partial charge in [0.25, 0.3) is 5.91 Å². The van der Waals surface area contributed by atoms with E-state index < -0.39 is 0 Å². The lowest BCUT2D eigenvalue weighted by molar-refractivity contribution is 0.0769. The Labute approximate surface area is 129 Å². The lowest BCUT2D eigenvalue weighted by Gasteiger charge is -2.13. The van der Waals surface area contributed by atoms with E-state index in [-0.39, 0.29) is 5.91 Å². The van der Waals surface area contributed by atoms with Crippen LogP contribution in [0.5, 0.6) is 0 Å². The maximum atomic E-state index is 12.4. The van der Waals surface area contributed by atoms with E-state index >= 15 is 0 Å². The SMILES string of the molecule is C[C@H]1C[C@@H]1c1ccc(CN(C)C(=O)c2cc(C3CC3)[nH]n2)o1. The van der Waals surface area contributed by atoms with Gasteiger partial charge in [-0.05, 0) is 43.4 Å². The van der Waals surface area contributed by atoms with Gasteiger partial charge in [0.05, 0.1) is 6.54 Å². The number of nitrogens with one attached hydrogen (secondary N) is 1. The first-order valence-corrected chi connectivity index (χ1v) is 8.01. The molecule has 0 aliphatic heterocycles. The molecule has 5 nitrogen and oxygen atoms in total. The summed E-state index contributed by atoms with van der Waals surface area (Å²) in [6.07, 6.45) is 3.60. The molecule has 116 valence electrons. The van der Waals surface area contributed by atoms with Gasteiger partial charge in [0, 0.05) is 24.6 Å². The predicted octanol–water partition coefficient (Wildman–Crippen LogP) is 3.28. The Morgan fingerprint density at radius 2 is 2.23 bits per heavy atom. The minimum atomic E-state index is -0.0686. The molecule has 0 aromatic carbocycles. The topological polar surface area (TPSA) is 62.1 Å². The van der Waals surface area contributed by atoms with E-state index in [1.807, 2.05) is 18.2 Å². The molecule has 0 unspecified atom stereocenters. The zero-order chi connectivity index (χ0) is 15.3. The van der Waals surface area contributed by atoms with Crippen LogP contribution < -0.4 is 0 Å². The normalized spacial score (nSPS) is 23.5. The Morgan fingerprint density at radius 3 is 2.91 bits per heavy atom. The molecule has 2 fully saturated rings. The molecule has 2 aromatic rings. The number of H-pyrrole nitrogens is 1. The van der Waals surface area contributed by atoms with Crippen molar-refractivity contribution in [2.24, 2.45) is 5.92 Å². The van der Waals surface area contributed by atoms with Gasteiger partial charge in [0.15, 0.2) is 0 Å². The number of carbonyl (C=O) groups excluding carboxylic acids is 1. The van der Waals surface area contributed by atoms with E-state index in [1.165, 1.54) is 19.3 Å². The quantitative estimate of drug-likeness (QED) is 0.921. The second-order valence-corrected chi connectivity index (χ2v) is 6.77. The van der Waals surface area contributed by atoms with Crippen LogP contribution in [-0.2, 0) is 6.54 Å². The number of hydrogen-bond acceptors (Lipinski definition) is 3. The molecule has 22 heavy (non-hydrogen) atoms. The van der Waals surface area contributed by atoms with Gasteiger partial charge in [-0.1, -0.05) is 6.92 Å². The van der Waals surface area contributed by atoms with Crippen LogP contribution in [-0.4, -0.2) is 28.1 Å². The Kier molecular flexibility index (Phi) is 3.10. The van der Waals surface area contributed by atoms with Gasteiger partial charge in [-0.3, -0.25) is 9.89 Å². The predicted molar refractivity (Wildman–Crippen MR) is 81.6 cm³/mol. The van der Waals surface area contributed by atoms with Gasteiger partial charge in [-0.15, -0.1) is 0 Å². The van der Waals surface area contributed by atoms with Crippen LogP contribution in [0.4, 0.5) is 0 Å². The molecule has 2 aromatic heterocycles. The lowest BCUT2D eigenvalue weighted by atomic mass is 10.2. The fourth-order valence-electron chi connectivity index (χ4n) is 2.95. The van der Waals surface area contributed by atoms with Crippen molar-refractivity contribution < 1.29 is 9.21 Å². The minimum Gasteiger partial charge on any atom is -0.464 e. The van der Waals surface area contributed by atoms with E-state index in [2.05, 4.69) is 17.1 Å². The first-order chi connectivity index (χ1) is 10.6. The summed E-state index contributed by atoms with van der Waals surface area (Å²) >= 11 is 0. The van der Waals surface area contributed by atoms with E-state index in [0.717, 1.165) is 23.1 Å². The molecular weight excluding hydrogens is 278 g/mol. The van der Waals surface area contributed by atoms with Crippen LogP contribution in [0.1, 0.15) is 65.7 Å². The summed E-state index contributed by atoms with van der Waals surface area (Å²) in [5.41, 5.74) is 1.58. The van der Waals surface area contributed by atoms with Gasteiger partial charge < -0.3 is 9.32 Å². The van der Waals surface area contributed by atoms with Gasteiger partial charge in [0.1, 0.15) is 17.2 Å². The van der Waals surface area contributed by atoms with Crippen molar-refractivity contribution in [3.63, 3.8) is 0 Å². The molecule has 5 heteroatoms. The summed E-state index contributed by atoms with van der Waals surface area (Å²) in [5, 5.41) is 7.13. The molecule has 2 aliphatic rings. The van der Waals surface area contributed by atoms with Crippen molar-refractivity contribution in [2.45, 2.75) is 44.6 Å². The van der Waals surface area contributed by atoms with E-state index in [4.69, 9.17) is 4.42 Å². The van der Waals surface area contributed by atoms with Gasteiger partial charge in [-0.2, -0.15) is 5.10 Å². The van der Waals surface area contributed by atoms with Crippen molar-refractivity contribution in [3.05, 3.63) is 41.1 Å². The molecule has 2 heterocycles. The van der Waals surface area contributed by atoms with E-state index in [1.54, 1.807) is 11.9 Å². The van der Waals surface area contributed by atoms with Crippen molar-refractivity contribution >= 4 is 5.91 Å². The monoisotopic (exact) mass is 299 g/mol. The summed E-state index contributed by atoms with van der Waals surface area (Å²) in [7, 11) is 1.79. The van der Waals surface area contributed by atoms with Crippen molar-refractivity contribution in [1.29, 1.82) is 0 Å². The zero-order valence-corrected chi connectivity index (χ0v) is 13.0. The Hall–Kier alpha value is -2.04. The summed E-state index contributed by atoms with van der Waals surface area (Å²) in [6, 6.07) is 5.90. The first-order valence-electron chi connectivity index (χ1n) is 8.01. The molecular formula is C17H21N3O2. The van der Waals surface area contributed by atoms with E-state index in [0.29, 0.717) is 24.1 Å². The van der Waals surface area contributed by atoms with Gasteiger partial charge >= 0.3 is 0 Å². The summed E-state index contributed by atoms with van der Waals surface area (Å²) in [4.78, 5) is 14.1. The van der Waals surface area contributed by atoms with Crippen molar-refractivity contribution in [3.8, 4) is 0 Å². The molecule has 1 amide bonds. The third-order valence-electron chi connectivity index (χ3n) is 4.73. The zero-order valence-electron chi connectivity index (χ0n) is 13.0. The highest BCUT2D eigenvalue weighted by Gasteiger charge is 2.36. The Balaban J connectivity index is 1.40. The molecule has 2 saturated carbocycles. The number of rotatable bonds is 5. The average molecular weight is 299 g/mol. The highest BCUT2D eigenvalue weighted by molar-refractivity contribution is 5.92. The number of nitrogens with zero attached hydrogens (tertiary/aromatic N) is 2. The van der Waals surface area contributed by atoms with Crippen LogP contribution in [0.3, 0.4) is 0 Å². The molecule has 4 rings (SSSR count). The smallest absolute Gasteiger partial charge is 0.274 e. The molecule has 1 N–H and O–H groups in total.